The molecule has 1 saturated heterocycles. The molecule has 2 amide bonds. The number of benzene rings is 2. The largest absolute Gasteiger partial charge is 0.349 e. The van der Waals surface area contributed by atoms with Crippen LogP contribution >= 0.6 is 11.8 Å². The van der Waals surface area contributed by atoms with Gasteiger partial charge in [-0.15, -0.1) is 10.2 Å². The van der Waals surface area contributed by atoms with E-state index in [1.165, 1.54) is 17.3 Å². The molecule has 172 valence electrons. The summed E-state index contributed by atoms with van der Waals surface area (Å²) in [5.41, 5.74) is 2.87. The first kappa shape index (κ1) is 23.0. The molecule has 7 nitrogen and oxygen atoms in total. The Kier molecular flexibility index (Phi) is 7.44. The number of nitrogens with zero attached hydrogens (tertiary/aromatic N) is 4. The maximum Gasteiger partial charge on any atom is 0.251 e. The molecule has 0 aliphatic carbocycles. The number of aromatic nitrogens is 3. The highest BCUT2D eigenvalue weighted by Crippen LogP contribution is 2.25. The quantitative estimate of drug-likeness (QED) is 0.540. The van der Waals surface area contributed by atoms with Gasteiger partial charge in [0.05, 0.1) is 5.75 Å². The Balaban J connectivity index is 1.29. The van der Waals surface area contributed by atoms with E-state index in [4.69, 9.17) is 0 Å². The molecule has 1 aromatic heterocycles. The summed E-state index contributed by atoms with van der Waals surface area (Å²) in [6.07, 6.45) is 1.52. The van der Waals surface area contributed by atoms with E-state index in [0.717, 1.165) is 35.9 Å². The van der Waals surface area contributed by atoms with Crippen LogP contribution in [0.1, 0.15) is 35.7 Å². The van der Waals surface area contributed by atoms with Crippen molar-refractivity contribution in [3.63, 3.8) is 0 Å². The van der Waals surface area contributed by atoms with Gasteiger partial charge in [-0.3, -0.25) is 9.59 Å². The number of amides is 2. The van der Waals surface area contributed by atoms with Gasteiger partial charge >= 0.3 is 0 Å². The average Bonchev–Trinajstić information content (AvgIpc) is 3.26. The third kappa shape index (κ3) is 5.63. The van der Waals surface area contributed by atoms with Crippen LogP contribution in [-0.2, 0) is 11.3 Å². The van der Waals surface area contributed by atoms with E-state index in [-0.39, 0.29) is 17.9 Å². The van der Waals surface area contributed by atoms with Crippen LogP contribution in [0.2, 0.25) is 0 Å². The second-order valence-electron chi connectivity index (χ2n) is 8.20. The van der Waals surface area contributed by atoms with E-state index < -0.39 is 0 Å². The number of aryl methyl sites for hydroxylation is 1. The van der Waals surface area contributed by atoms with E-state index in [1.807, 2.05) is 47.4 Å². The Labute approximate surface area is 198 Å². The van der Waals surface area contributed by atoms with Gasteiger partial charge in [0.15, 0.2) is 11.0 Å². The number of nitrogens with one attached hydrogen (secondary N) is 1. The molecular weight excluding hydrogens is 434 g/mol. The summed E-state index contributed by atoms with van der Waals surface area (Å²) in [6.45, 7) is 6.14. The molecule has 0 unspecified atom stereocenters. The lowest BCUT2D eigenvalue weighted by Crippen LogP contribution is -2.47. The molecule has 4 rings (SSSR count). The Bertz CT molecular complexity index is 1110. The fourth-order valence-electron chi connectivity index (χ4n) is 4.03. The molecular formula is C25H29N5O2S. The van der Waals surface area contributed by atoms with Crippen molar-refractivity contribution in [3.05, 3.63) is 65.7 Å². The number of piperidine rings is 1. The Morgan fingerprint density at radius 3 is 2.52 bits per heavy atom. The van der Waals surface area contributed by atoms with Crippen LogP contribution in [0.4, 0.5) is 0 Å². The summed E-state index contributed by atoms with van der Waals surface area (Å²) in [7, 11) is 0. The van der Waals surface area contributed by atoms with Gasteiger partial charge in [-0.1, -0.05) is 53.7 Å². The van der Waals surface area contributed by atoms with E-state index in [9.17, 15) is 9.59 Å². The van der Waals surface area contributed by atoms with Gasteiger partial charge in [0.25, 0.3) is 5.91 Å². The topological polar surface area (TPSA) is 80.1 Å². The lowest BCUT2D eigenvalue weighted by molar-refractivity contribution is -0.129. The number of hydrogen-bond donors (Lipinski definition) is 1. The van der Waals surface area contributed by atoms with Crippen molar-refractivity contribution >= 4 is 23.6 Å². The fraction of sp³-hybridized carbons (Fsp3) is 0.360. The monoisotopic (exact) mass is 463 g/mol. The summed E-state index contributed by atoms with van der Waals surface area (Å²) in [5.74, 6) is 1.19. The van der Waals surface area contributed by atoms with Crippen molar-refractivity contribution < 1.29 is 9.59 Å². The third-order valence-electron chi connectivity index (χ3n) is 5.85. The van der Waals surface area contributed by atoms with Crippen LogP contribution in [0.25, 0.3) is 11.4 Å². The first-order valence-corrected chi connectivity index (χ1v) is 12.3. The van der Waals surface area contributed by atoms with Gasteiger partial charge in [-0.25, -0.2) is 0 Å². The van der Waals surface area contributed by atoms with E-state index in [0.29, 0.717) is 24.4 Å². The van der Waals surface area contributed by atoms with Gasteiger partial charge in [0.2, 0.25) is 5.91 Å². The maximum atomic E-state index is 12.8. The molecule has 1 fully saturated rings. The summed E-state index contributed by atoms with van der Waals surface area (Å²) in [6, 6.07) is 17.5. The molecule has 2 aromatic carbocycles. The van der Waals surface area contributed by atoms with Crippen LogP contribution in [0.5, 0.6) is 0 Å². The number of carbonyl (C=O) groups is 2. The standard InChI is InChI=1S/C25H29N5O2S/c1-3-30-23(20-11-7-8-18(2)16-20)27-28-25(30)33-17-22(31)29-14-12-21(13-15-29)26-24(32)19-9-5-4-6-10-19/h4-11,16,21H,3,12-15,17H2,1-2H3,(H,26,32). The van der Waals surface area contributed by atoms with Crippen LogP contribution in [-0.4, -0.2) is 56.4 Å². The summed E-state index contributed by atoms with van der Waals surface area (Å²) in [4.78, 5) is 27.0. The Hall–Kier alpha value is -3.13. The molecule has 0 atom stereocenters. The molecule has 2 heterocycles. The van der Waals surface area contributed by atoms with Crippen molar-refractivity contribution in [3.8, 4) is 11.4 Å². The molecule has 3 aromatic rings. The summed E-state index contributed by atoms with van der Waals surface area (Å²) < 4.78 is 2.05. The number of likely N-dealkylation sites (tertiary alicyclic amines) is 1. The summed E-state index contributed by atoms with van der Waals surface area (Å²) in [5, 5.41) is 12.6. The zero-order valence-electron chi connectivity index (χ0n) is 19.0. The van der Waals surface area contributed by atoms with Gasteiger partial charge in [0, 0.05) is 36.8 Å². The highest BCUT2D eigenvalue weighted by Gasteiger charge is 2.25. The van der Waals surface area contributed by atoms with Crippen molar-refractivity contribution in [2.75, 3.05) is 18.8 Å². The minimum absolute atomic E-state index is 0.0563. The Morgan fingerprint density at radius 2 is 1.82 bits per heavy atom. The highest BCUT2D eigenvalue weighted by atomic mass is 32.2. The van der Waals surface area contributed by atoms with Gasteiger partial charge in [0.1, 0.15) is 0 Å². The average molecular weight is 464 g/mol. The van der Waals surface area contributed by atoms with E-state index in [1.54, 1.807) is 0 Å². The number of hydrogen-bond acceptors (Lipinski definition) is 5. The molecule has 1 aliphatic rings. The minimum atomic E-state index is -0.0563. The van der Waals surface area contributed by atoms with Crippen LogP contribution in [0.3, 0.4) is 0 Å². The van der Waals surface area contributed by atoms with Crippen molar-refractivity contribution in [2.45, 2.75) is 44.4 Å². The first-order chi connectivity index (χ1) is 16.0. The molecule has 1 N–H and O–H groups in total. The Morgan fingerprint density at radius 1 is 1.06 bits per heavy atom. The van der Waals surface area contributed by atoms with Crippen molar-refractivity contribution in [1.29, 1.82) is 0 Å². The molecule has 0 radical (unpaired) electrons. The van der Waals surface area contributed by atoms with E-state index >= 15 is 0 Å². The molecule has 0 saturated carbocycles. The van der Waals surface area contributed by atoms with Gasteiger partial charge in [-0.2, -0.15) is 0 Å². The molecule has 0 bridgehead atoms. The lowest BCUT2D eigenvalue weighted by atomic mass is 10.0. The lowest BCUT2D eigenvalue weighted by Gasteiger charge is -2.32. The molecule has 1 aliphatic heterocycles. The third-order valence-corrected chi connectivity index (χ3v) is 6.80. The molecule has 0 spiro atoms. The zero-order valence-corrected chi connectivity index (χ0v) is 19.8. The van der Waals surface area contributed by atoms with Gasteiger partial charge < -0.3 is 14.8 Å². The predicted octanol–water partition coefficient (Wildman–Crippen LogP) is 3.79. The fourth-order valence-corrected chi connectivity index (χ4v) is 4.93. The van der Waals surface area contributed by atoms with Crippen molar-refractivity contribution in [1.82, 2.24) is 25.0 Å². The van der Waals surface area contributed by atoms with Crippen LogP contribution in [0.15, 0.2) is 59.8 Å². The van der Waals surface area contributed by atoms with Crippen molar-refractivity contribution in [2.24, 2.45) is 0 Å². The van der Waals surface area contributed by atoms with E-state index in [2.05, 4.69) is 46.1 Å². The van der Waals surface area contributed by atoms with Gasteiger partial charge in [-0.05, 0) is 44.9 Å². The second-order valence-corrected chi connectivity index (χ2v) is 9.15. The predicted molar refractivity (Wildman–Crippen MR) is 130 cm³/mol. The maximum absolute atomic E-state index is 12.8. The molecule has 33 heavy (non-hydrogen) atoms. The normalized spacial score (nSPS) is 14.3. The smallest absolute Gasteiger partial charge is 0.251 e. The summed E-state index contributed by atoms with van der Waals surface area (Å²) >= 11 is 1.43. The SMILES string of the molecule is CCn1c(SCC(=O)N2CCC(NC(=O)c3ccccc3)CC2)nnc1-c1cccc(C)c1. The minimum Gasteiger partial charge on any atom is -0.349 e. The first-order valence-electron chi connectivity index (χ1n) is 11.3. The second kappa shape index (κ2) is 10.7. The zero-order chi connectivity index (χ0) is 23.2. The number of thioether (sulfide) groups is 1. The molecule has 8 heteroatoms. The number of carbonyl (C=O) groups excluding carboxylic acids is 2. The number of rotatable bonds is 7. The highest BCUT2D eigenvalue weighted by molar-refractivity contribution is 7.99. The van der Waals surface area contributed by atoms with Crippen LogP contribution in [0, 0.1) is 6.92 Å². The van der Waals surface area contributed by atoms with Crippen LogP contribution < -0.4 is 5.32 Å².